The average molecular weight is 287 g/mol. The van der Waals surface area contributed by atoms with Crippen LogP contribution in [0, 0.1) is 10.1 Å². The van der Waals surface area contributed by atoms with E-state index in [1.54, 1.807) is 18.2 Å². The van der Waals surface area contributed by atoms with Gasteiger partial charge in [0, 0.05) is 6.07 Å². The van der Waals surface area contributed by atoms with E-state index in [1.807, 2.05) is 38.1 Å². The summed E-state index contributed by atoms with van der Waals surface area (Å²) in [5.74, 6) is 0.734. The number of hydrogen-bond acceptors (Lipinski definition) is 3. The third-order valence-electron chi connectivity index (χ3n) is 2.89. The van der Waals surface area contributed by atoms with Crippen LogP contribution in [0.25, 0.3) is 0 Å². The fraction of sp³-hybridized carbons (Fsp3) is 0.294. The minimum absolute atomic E-state index is 0.0918. The number of para-hydroxylation sites is 1. The van der Waals surface area contributed by atoms with Crippen LogP contribution in [0.15, 0.2) is 48.5 Å². The van der Waals surface area contributed by atoms with Crippen molar-refractivity contribution in [1.29, 1.82) is 0 Å². The summed E-state index contributed by atoms with van der Waals surface area (Å²) in [5, 5.41) is 10.9. The van der Waals surface area contributed by atoms with E-state index >= 15 is 0 Å². The summed E-state index contributed by atoms with van der Waals surface area (Å²) in [7, 11) is 0. The Labute approximate surface area is 125 Å². The maximum atomic E-state index is 10.9. The molecule has 0 amide bonds. The molecule has 0 aliphatic heterocycles. The van der Waals surface area contributed by atoms with Crippen molar-refractivity contribution in [2.24, 2.45) is 0 Å². The molecule has 2 aromatic rings. The number of ether oxygens (including phenoxy) is 1. The molecule has 0 aliphatic carbocycles. The maximum Gasteiger partial charge on any atom is 0.276 e. The Kier molecular flexibility index (Phi) is 6.95. The highest BCUT2D eigenvalue weighted by Crippen LogP contribution is 2.21. The molecular weight excluding hydrogens is 266 g/mol. The van der Waals surface area contributed by atoms with Crippen LogP contribution in [0.5, 0.6) is 5.75 Å². The summed E-state index contributed by atoms with van der Waals surface area (Å²) in [6.45, 7) is 6.27. The minimum Gasteiger partial charge on any atom is -0.489 e. The summed E-state index contributed by atoms with van der Waals surface area (Å²) in [4.78, 5) is 10.5. The van der Waals surface area contributed by atoms with Gasteiger partial charge in [-0.25, -0.2) is 0 Å². The van der Waals surface area contributed by atoms with Gasteiger partial charge in [0.1, 0.15) is 12.4 Å². The number of hydrogen-bond donors (Lipinski definition) is 0. The first-order valence-corrected chi connectivity index (χ1v) is 7.14. The first-order chi connectivity index (χ1) is 10.2. The van der Waals surface area contributed by atoms with E-state index in [9.17, 15) is 10.1 Å². The summed E-state index contributed by atoms with van der Waals surface area (Å²) in [5.41, 5.74) is 1.85. The monoisotopic (exact) mass is 287 g/mol. The third-order valence-corrected chi connectivity index (χ3v) is 2.89. The van der Waals surface area contributed by atoms with Gasteiger partial charge < -0.3 is 4.74 Å². The lowest BCUT2D eigenvalue weighted by Crippen LogP contribution is -2.00. The van der Waals surface area contributed by atoms with E-state index in [0.29, 0.717) is 5.56 Å². The summed E-state index contributed by atoms with van der Waals surface area (Å²) >= 11 is 0. The largest absolute Gasteiger partial charge is 0.489 e. The van der Waals surface area contributed by atoms with Crippen LogP contribution in [0.3, 0.4) is 0 Å². The number of aryl methyl sites for hydroxylation is 1. The van der Waals surface area contributed by atoms with Crippen LogP contribution in [0.4, 0.5) is 5.69 Å². The third kappa shape index (κ3) is 4.91. The molecule has 0 fully saturated rings. The molecule has 0 unspecified atom stereocenters. The zero-order valence-corrected chi connectivity index (χ0v) is 12.7. The molecule has 0 atom stereocenters. The molecule has 0 spiro atoms. The SMILES string of the molecule is CC.CCc1cccc(OCc2ccccc2[N+](=O)[O-])c1. The average Bonchev–Trinajstić information content (AvgIpc) is 2.55. The first-order valence-electron chi connectivity index (χ1n) is 7.14. The van der Waals surface area contributed by atoms with E-state index in [2.05, 4.69) is 6.92 Å². The maximum absolute atomic E-state index is 10.9. The van der Waals surface area contributed by atoms with Gasteiger partial charge in [0.2, 0.25) is 0 Å². The van der Waals surface area contributed by atoms with E-state index in [-0.39, 0.29) is 17.2 Å². The highest BCUT2D eigenvalue weighted by molar-refractivity contribution is 5.39. The Bertz CT molecular complexity index is 582. The number of nitrogens with zero attached hydrogens (tertiary/aromatic N) is 1. The van der Waals surface area contributed by atoms with E-state index < -0.39 is 0 Å². The van der Waals surface area contributed by atoms with Crippen LogP contribution in [-0.2, 0) is 13.0 Å². The molecule has 0 N–H and O–H groups in total. The molecule has 21 heavy (non-hydrogen) atoms. The Morgan fingerprint density at radius 1 is 1.10 bits per heavy atom. The summed E-state index contributed by atoms with van der Waals surface area (Å²) < 4.78 is 5.62. The molecule has 0 bridgehead atoms. The minimum atomic E-state index is -0.388. The van der Waals surface area contributed by atoms with Gasteiger partial charge in [0.05, 0.1) is 10.5 Å². The number of nitro benzene ring substituents is 1. The van der Waals surface area contributed by atoms with Crippen LogP contribution < -0.4 is 4.74 Å². The second-order valence-corrected chi connectivity index (χ2v) is 4.18. The van der Waals surface area contributed by atoms with Crippen molar-refractivity contribution < 1.29 is 9.66 Å². The molecule has 0 saturated carbocycles. The van der Waals surface area contributed by atoms with Gasteiger partial charge in [-0.1, -0.05) is 45.0 Å². The summed E-state index contributed by atoms with van der Waals surface area (Å²) in [6, 6.07) is 14.4. The highest BCUT2D eigenvalue weighted by atomic mass is 16.6. The van der Waals surface area contributed by atoms with Crippen LogP contribution in [0.1, 0.15) is 31.9 Å². The van der Waals surface area contributed by atoms with Gasteiger partial charge in [-0.3, -0.25) is 10.1 Å². The van der Waals surface area contributed by atoms with Gasteiger partial charge in [-0.15, -0.1) is 0 Å². The van der Waals surface area contributed by atoms with Gasteiger partial charge in [0.15, 0.2) is 0 Å². The molecule has 0 radical (unpaired) electrons. The smallest absolute Gasteiger partial charge is 0.276 e. The lowest BCUT2D eigenvalue weighted by Gasteiger charge is -2.07. The second-order valence-electron chi connectivity index (χ2n) is 4.18. The van der Waals surface area contributed by atoms with Crippen molar-refractivity contribution in [1.82, 2.24) is 0 Å². The molecule has 4 nitrogen and oxygen atoms in total. The molecule has 0 saturated heterocycles. The fourth-order valence-corrected chi connectivity index (χ4v) is 1.83. The van der Waals surface area contributed by atoms with Crippen molar-refractivity contribution in [2.45, 2.75) is 33.8 Å². The van der Waals surface area contributed by atoms with E-state index in [4.69, 9.17) is 4.74 Å². The van der Waals surface area contributed by atoms with Gasteiger partial charge in [-0.2, -0.15) is 0 Å². The van der Waals surface area contributed by atoms with Gasteiger partial charge in [0.25, 0.3) is 5.69 Å². The molecule has 112 valence electrons. The zero-order valence-electron chi connectivity index (χ0n) is 12.7. The molecule has 0 aliphatic rings. The van der Waals surface area contributed by atoms with Crippen molar-refractivity contribution >= 4 is 5.69 Å². The topological polar surface area (TPSA) is 52.4 Å². The zero-order chi connectivity index (χ0) is 15.7. The van der Waals surface area contributed by atoms with Crippen molar-refractivity contribution in [3.8, 4) is 5.75 Å². The van der Waals surface area contributed by atoms with Crippen LogP contribution >= 0.6 is 0 Å². The quantitative estimate of drug-likeness (QED) is 0.588. The Balaban J connectivity index is 0.00000106. The van der Waals surface area contributed by atoms with E-state index in [0.717, 1.165) is 12.2 Å². The molecule has 0 heterocycles. The number of benzene rings is 2. The van der Waals surface area contributed by atoms with Crippen molar-refractivity contribution in [3.05, 3.63) is 69.8 Å². The Morgan fingerprint density at radius 3 is 2.48 bits per heavy atom. The number of rotatable bonds is 5. The summed E-state index contributed by atoms with van der Waals surface area (Å²) in [6.07, 6.45) is 0.933. The van der Waals surface area contributed by atoms with Crippen LogP contribution in [0.2, 0.25) is 0 Å². The molecular formula is C17H21NO3. The Morgan fingerprint density at radius 2 is 1.81 bits per heavy atom. The van der Waals surface area contributed by atoms with Crippen molar-refractivity contribution in [3.63, 3.8) is 0 Å². The number of nitro groups is 1. The normalized spacial score (nSPS) is 9.48. The Hall–Kier alpha value is -2.36. The fourth-order valence-electron chi connectivity index (χ4n) is 1.83. The highest BCUT2D eigenvalue weighted by Gasteiger charge is 2.12. The standard InChI is InChI=1S/C15H15NO3.C2H6/c1-2-12-6-5-8-14(10-12)19-11-13-7-3-4-9-15(13)16(17)18;1-2/h3-10H,2,11H2,1H3;1-2H3. The molecule has 2 rings (SSSR count). The van der Waals surface area contributed by atoms with Gasteiger partial charge >= 0.3 is 0 Å². The predicted molar refractivity (Wildman–Crippen MR) is 84.6 cm³/mol. The lowest BCUT2D eigenvalue weighted by molar-refractivity contribution is -0.385. The molecule has 2 aromatic carbocycles. The van der Waals surface area contributed by atoms with E-state index in [1.165, 1.54) is 11.6 Å². The van der Waals surface area contributed by atoms with Crippen molar-refractivity contribution in [2.75, 3.05) is 0 Å². The lowest BCUT2D eigenvalue weighted by atomic mass is 10.1. The van der Waals surface area contributed by atoms with Gasteiger partial charge in [-0.05, 0) is 30.2 Å². The molecule has 4 heteroatoms. The first kappa shape index (κ1) is 16.7. The molecule has 0 aromatic heterocycles. The van der Waals surface area contributed by atoms with Crippen LogP contribution in [-0.4, -0.2) is 4.92 Å². The second kappa shape index (κ2) is 8.74. The predicted octanol–water partition coefficient (Wildman–Crippen LogP) is 4.76.